The topological polar surface area (TPSA) is 46.2 Å². The SMILES string of the molecule is c1ccc(COC[C@@H]2O[C@H](Sc3ccccc3)[C@@H](OCc3ccccc3)[C@@H](OCc3ccccc3)[C@@H]2OCc2ccccc2)cc1. The van der Waals surface area contributed by atoms with Crippen LogP contribution in [0.25, 0.3) is 0 Å². The van der Waals surface area contributed by atoms with E-state index in [1.54, 1.807) is 11.8 Å². The number of rotatable bonds is 15. The van der Waals surface area contributed by atoms with Crippen molar-refractivity contribution in [2.45, 2.75) is 61.2 Å². The average molecular weight is 633 g/mol. The van der Waals surface area contributed by atoms with Gasteiger partial charge in [-0.2, -0.15) is 0 Å². The zero-order valence-corrected chi connectivity index (χ0v) is 26.6. The molecule has 6 heteroatoms. The van der Waals surface area contributed by atoms with Crippen LogP contribution in [-0.4, -0.2) is 36.5 Å². The molecule has 5 aromatic carbocycles. The van der Waals surface area contributed by atoms with Crippen LogP contribution in [0.5, 0.6) is 0 Å². The Morgan fingerprint density at radius 2 is 0.826 bits per heavy atom. The lowest BCUT2D eigenvalue weighted by molar-refractivity contribution is -0.254. The Hall–Kier alpha value is -3.75. The lowest BCUT2D eigenvalue weighted by Crippen LogP contribution is -2.60. The Balaban J connectivity index is 1.31. The lowest BCUT2D eigenvalue weighted by Gasteiger charge is -2.46. The van der Waals surface area contributed by atoms with Gasteiger partial charge in [-0.3, -0.25) is 0 Å². The van der Waals surface area contributed by atoms with Crippen LogP contribution < -0.4 is 0 Å². The van der Waals surface area contributed by atoms with Gasteiger partial charge in [-0.15, -0.1) is 0 Å². The summed E-state index contributed by atoms with van der Waals surface area (Å²) in [5.41, 5.74) is 3.99. The average Bonchev–Trinajstić information content (AvgIpc) is 3.12. The molecule has 0 radical (unpaired) electrons. The minimum atomic E-state index is -0.451. The number of thioether (sulfide) groups is 1. The second kappa shape index (κ2) is 17.2. The van der Waals surface area contributed by atoms with Crippen LogP contribution in [0.4, 0.5) is 0 Å². The van der Waals surface area contributed by atoms with E-state index in [4.69, 9.17) is 23.7 Å². The summed E-state index contributed by atoms with van der Waals surface area (Å²) in [7, 11) is 0. The van der Waals surface area contributed by atoms with Crippen molar-refractivity contribution >= 4 is 11.8 Å². The molecule has 1 aliphatic rings. The van der Waals surface area contributed by atoms with Crippen LogP contribution in [0.2, 0.25) is 0 Å². The Labute approximate surface area is 276 Å². The Morgan fingerprint density at radius 3 is 1.30 bits per heavy atom. The predicted molar refractivity (Wildman–Crippen MR) is 182 cm³/mol. The fourth-order valence-corrected chi connectivity index (χ4v) is 6.62. The molecule has 5 nitrogen and oxygen atoms in total. The molecule has 0 aromatic heterocycles. The maximum atomic E-state index is 6.92. The highest BCUT2D eigenvalue weighted by Crippen LogP contribution is 2.38. The van der Waals surface area contributed by atoms with Crippen LogP contribution in [-0.2, 0) is 50.1 Å². The Morgan fingerprint density at radius 1 is 0.435 bits per heavy atom. The molecule has 0 aliphatic carbocycles. The fourth-order valence-electron chi connectivity index (χ4n) is 5.48. The summed E-state index contributed by atoms with van der Waals surface area (Å²) >= 11 is 1.64. The number of hydrogen-bond donors (Lipinski definition) is 0. The molecule has 6 rings (SSSR count). The van der Waals surface area contributed by atoms with Gasteiger partial charge < -0.3 is 23.7 Å². The maximum Gasteiger partial charge on any atom is 0.137 e. The van der Waals surface area contributed by atoms with Crippen LogP contribution in [0, 0.1) is 0 Å². The van der Waals surface area contributed by atoms with Gasteiger partial charge in [0.1, 0.15) is 29.9 Å². The first-order chi connectivity index (χ1) is 22.8. The van der Waals surface area contributed by atoms with E-state index in [2.05, 4.69) is 60.7 Å². The first-order valence-corrected chi connectivity index (χ1v) is 16.7. The van der Waals surface area contributed by atoms with Gasteiger partial charge in [0.05, 0.1) is 33.0 Å². The maximum absolute atomic E-state index is 6.92. The molecule has 1 saturated heterocycles. The predicted octanol–water partition coefficient (Wildman–Crippen LogP) is 8.48. The first-order valence-electron chi connectivity index (χ1n) is 15.8. The molecule has 0 N–H and O–H groups in total. The molecule has 236 valence electrons. The Kier molecular flexibility index (Phi) is 12.1. The third-order valence-corrected chi connectivity index (χ3v) is 8.99. The number of hydrogen-bond acceptors (Lipinski definition) is 6. The van der Waals surface area contributed by atoms with Crippen LogP contribution in [0.3, 0.4) is 0 Å². The largest absolute Gasteiger partial charge is 0.374 e. The van der Waals surface area contributed by atoms with Crippen molar-refractivity contribution in [2.24, 2.45) is 0 Å². The lowest BCUT2D eigenvalue weighted by atomic mass is 9.98. The van der Waals surface area contributed by atoms with Gasteiger partial charge in [0.2, 0.25) is 0 Å². The van der Waals surface area contributed by atoms with E-state index in [1.165, 1.54) is 0 Å². The highest BCUT2D eigenvalue weighted by Gasteiger charge is 2.48. The van der Waals surface area contributed by atoms with Crippen molar-refractivity contribution in [3.8, 4) is 0 Å². The van der Waals surface area contributed by atoms with Gasteiger partial charge >= 0.3 is 0 Å². The minimum absolute atomic E-state index is 0.344. The van der Waals surface area contributed by atoms with Gasteiger partial charge in [-0.05, 0) is 34.4 Å². The third kappa shape index (κ3) is 9.39. The summed E-state index contributed by atoms with van der Waals surface area (Å²) in [5, 5.41) is 0. The van der Waals surface area contributed by atoms with Crippen LogP contribution in [0.15, 0.2) is 157 Å². The van der Waals surface area contributed by atoms with E-state index in [1.807, 2.05) is 91.0 Å². The summed E-state index contributed by atoms with van der Waals surface area (Å²) < 4.78 is 33.6. The highest BCUT2D eigenvalue weighted by molar-refractivity contribution is 7.99. The smallest absolute Gasteiger partial charge is 0.137 e. The molecule has 0 saturated carbocycles. The van der Waals surface area contributed by atoms with Crippen LogP contribution in [0.1, 0.15) is 22.3 Å². The van der Waals surface area contributed by atoms with E-state index in [9.17, 15) is 0 Å². The third-order valence-electron chi connectivity index (χ3n) is 7.84. The second-order valence-corrected chi connectivity index (χ2v) is 12.4. The first kappa shape index (κ1) is 32.2. The van der Waals surface area contributed by atoms with E-state index in [0.717, 1.165) is 27.1 Å². The van der Waals surface area contributed by atoms with Crippen molar-refractivity contribution < 1.29 is 23.7 Å². The standard InChI is InChI=1S/C40H40O5S/c1-6-16-31(17-7-1)26-41-30-36-37(42-27-32-18-8-2-9-19-32)38(43-28-33-20-10-3-11-21-33)39(44-29-34-22-12-4-13-23-34)40(45-36)46-35-24-14-5-15-25-35/h1-25,36-40H,26-30H2/t36-,37+,38-,39-,40+/m0/s1. The fraction of sp³-hybridized carbons (Fsp3) is 0.250. The number of ether oxygens (including phenoxy) is 5. The highest BCUT2D eigenvalue weighted by atomic mass is 32.2. The summed E-state index contributed by atoms with van der Waals surface area (Å²) in [4.78, 5) is 1.09. The monoisotopic (exact) mass is 632 g/mol. The molecule has 1 heterocycles. The zero-order valence-electron chi connectivity index (χ0n) is 25.8. The zero-order chi connectivity index (χ0) is 31.2. The summed E-state index contributed by atoms with van der Waals surface area (Å²) in [6.07, 6.45) is -1.72. The van der Waals surface area contributed by atoms with Gasteiger partial charge in [0.25, 0.3) is 0 Å². The Bertz CT molecular complexity index is 1540. The molecule has 0 unspecified atom stereocenters. The molecule has 0 amide bonds. The second-order valence-electron chi connectivity index (χ2n) is 11.3. The van der Waals surface area contributed by atoms with Crippen LogP contribution >= 0.6 is 11.8 Å². The molecule has 1 fully saturated rings. The van der Waals surface area contributed by atoms with Crippen molar-refractivity contribution in [2.75, 3.05) is 6.61 Å². The summed E-state index contributed by atoms with van der Waals surface area (Å²) in [6, 6.07) is 51.2. The van der Waals surface area contributed by atoms with Gasteiger partial charge in [-0.25, -0.2) is 0 Å². The molecule has 46 heavy (non-hydrogen) atoms. The molecular weight excluding hydrogens is 593 g/mol. The van der Waals surface area contributed by atoms with E-state index < -0.39 is 24.4 Å². The molecule has 1 aliphatic heterocycles. The van der Waals surface area contributed by atoms with E-state index >= 15 is 0 Å². The normalized spacial score (nSPS) is 21.2. The van der Waals surface area contributed by atoms with Gasteiger partial charge in [-0.1, -0.05) is 151 Å². The van der Waals surface area contributed by atoms with Gasteiger partial charge in [0.15, 0.2) is 0 Å². The van der Waals surface area contributed by atoms with Crippen molar-refractivity contribution in [3.63, 3.8) is 0 Å². The van der Waals surface area contributed by atoms with Gasteiger partial charge in [0, 0.05) is 4.90 Å². The minimum Gasteiger partial charge on any atom is -0.374 e. The van der Waals surface area contributed by atoms with Crippen molar-refractivity contribution in [1.82, 2.24) is 0 Å². The molecule has 0 bridgehead atoms. The molecule has 5 aromatic rings. The molecular formula is C40H40O5S. The van der Waals surface area contributed by atoms with Crippen molar-refractivity contribution in [3.05, 3.63) is 174 Å². The number of benzene rings is 5. The molecule has 0 spiro atoms. The van der Waals surface area contributed by atoms with E-state index in [-0.39, 0.29) is 5.44 Å². The summed E-state index contributed by atoms with van der Waals surface area (Å²) in [5.74, 6) is 0. The van der Waals surface area contributed by atoms with Crippen molar-refractivity contribution in [1.29, 1.82) is 0 Å². The molecule has 5 atom stereocenters. The quantitative estimate of drug-likeness (QED) is 0.115. The summed E-state index contributed by atoms with van der Waals surface area (Å²) in [6.45, 7) is 2.08. The van der Waals surface area contributed by atoms with E-state index in [0.29, 0.717) is 33.0 Å².